The van der Waals surface area contributed by atoms with E-state index in [2.05, 4.69) is 10.4 Å². The largest absolute Gasteiger partial charge is 0.316 e. The maximum absolute atomic E-state index is 5.83. The van der Waals surface area contributed by atoms with Crippen LogP contribution in [0.25, 0.3) is 0 Å². The lowest BCUT2D eigenvalue weighted by Crippen LogP contribution is -2.04. The topological polar surface area (TPSA) is 29.9 Å². The summed E-state index contributed by atoms with van der Waals surface area (Å²) in [5.74, 6) is 0. The van der Waals surface area contributed by atoms with Crippen LogP contribution >= 0.6 is 11.6 Å². The van der Waals surface area contributed by atoms with E-state index >= 15 is 0 Å². The maximum atomic E-state index is 5.83. The molecule has 0 saturated carbocycles. The summed E-state index contributed by atoms with van der Waals surface area (Å²) in [4.78, 5) is 0. The van der Waals surface area contributed by atoms with E-state index < -0.39 is 0 Å². The summed E-state index contributed by atoms with van der Waals surface area (Å²) in [6.45, 7) is 1.63. The van der Waals surface area contributed by atoms with Crippen molar-refractivity contribution < 1.29 is 0 Å². The minimum Gasteiger partial charge on any atom is -0.316 e. The van der Waals surface area contributed by atoms with Gasteiger partial charge in [0.05, 0.1) is 12.7 Å². The van der Waals surface area contributed by atoms with Gasteiger partial charge in [-0.2, -0.15) is 5.10 Å². The molecule has 4 heteroatoms. The average Bonchev–Trinajstić information content (AvgIpc) is 2.70. The molecule has 0 bridgehead atoms. The van der Waals surface area contributed by atoms with Gasteiger partial charge in [-0.1, -0.05) is 23.7 Å². The van der Waals surface area contributed by atoms with Crippen LogP contribution in [0.2, 0.25) is 5.02 Å². The van der Waals surface area contributed by atoms with E-state index in [1.807, 2.05) is 48.4 Å². The van der Waals surface area contributed by atoms with Crippen molar-refractivity contribution in [3.63, 3.8) is 0 Å². The highest BCUT2D eigenvalue weighted by Crippen LogP contribution is 2.10. The van der Waals surface area contributed by atoms with Crippen molar-refractivity contribution in [3.8, 4) is 0 Å². The predicted molar refractivity (Wildman–Crippen MR) is 65.5 cm³/mol. The first-order valence-corrected chi connectivity index (χ1v) is 5.56. The van der Waals surface area contributed by atoms with E-state index in [0.717, 1.165) is 18.1 Å². The molecule has 84 valence electrons. The Kier molecular flexibility index (Phi) is 3.59. The van der Waals surface area contributed by atoms with Gasteiger partial charge in [0, 0.05) is 23.3 Å². The third-order valence-corrected chi connectivity index (χ3v) is 2.58. The van der Waals surface area contributed by atoms with E-state index in [9.17, 15) is 0 Å². The lowest BCUT2D eigenvalue weighted by atomic mass is 10.2. The SMILES string of the molecule is CNCc1cnn(Cc2ccc(Cl)cc2)c1. The highest BCUT2D eigenvalue weighted by Gasteiger charge is 1.99. The Hall–Kier alpha value is -1.32. The number of benzene rings is 1. The van der Waals surface area contributed by atoms with E-state index in [0.29, 0.717) is 0 Å². The number of nitrogens with zero attached hydrogens (tertiary/aromatic N) is 2. The van der Waals surface area contributed by atoms with Gasteiger partial charge in [-0.15, -0.1) is 0 Å². The Balaban J connectivity index is 2.05. The van der Waals surface area contributed by atoms with Crippen molar-refractivity contribution in [2.45, 2.75) is 13.1 Å². The first-order valence-electron chi connectivity index (χ1n) is 5.18. The normalized spacial score (nSPS) is 10.6. The van der Waals surface area contributed by atoms with Gasteiger partial charge < -0.3 is 5.32 Å². The molecule has 0 aliphatic rings. The van der Waals surface area contributed by atoms with Crippen LogP contribution in [0.3, 0.4) is 0 Å². The minimum atomic E-state index is 0.764. The zero-order chi connectivity index (χ0) is 11.4. The molecular weight excluding hydrogens is 222 g/mol. The van der Waals surface area contributed by atoms with Crippen LogP contribution < -0.4 is 5.32 Å². The average molecular weight is 236 g/mol. The van der Waals surface area contributed by atoms with Crippen molar-refractivity contribution in [2.75, 3.05) is 7.05 Å². The molecule has 0 saturated heterocycles. The molecule has 16 heavy (non-hydrogen) atoms. The van der Waals surface area contributed by atoms with Crippen molar-refractivity contribution in [3.05, 3.63) is 52.8 Å². The van der Waals surface area contributed by atoms with E-state index in [1.165, 1.54) is 11.1 Å². The van der Waals surface area contributed by atoms with Gasteiger partial charge in [0.15, 0.2) is 0 Å². The van der Waals surface area contributed by atoms with Gasteiger partial charge in [-0.05, 0) is 24.7 Å². The molecule has 1 aromatic heterocycles. The van der Waals surface area contributed by atoms with Crippen LogP contribution in [0, 0.1) is 0 Å². The highest BCUT2D eigenvalue weighted by molar-refractivity contribution is 6.30. The first kappa shape index (κ1) is 11.2. The van der Waals surface area contributed by atoms with Crippen LogP contribution in [0.15, 0.2) is 36.7 Å². The molecule has 0 unspecified atom stereocenters. The summed E-state index contributed by atoms with van der Waals surface area (Å²) in [7, 11) is 1.93. The lowest BCUT2D eigenvalue weighted by Gasteiger charge is -2.01. The summed E-state index contributed by atoms with van der Waals surface area (Å²) in [5.41, 5.74) is 2.39. The van der Waals surface area contributed by atoms with Gasteiger partial charge >= 0.3 is 0 Å². The van der Waals surface area contributed by atoms with Crippen LogP contribution in [-0.2, 0) is 13.1 Å². The summed E-state index contributed by atoms with van der Waals surface area (Å²) in [5, 5.41) is 8.16. The lowest BCUT2D eigenvalue weighted by molar-refractivity contribution is 0.685. The number of hydrogen-bond donors (Lipinski definition) is 1. The Labute approximate surface area is 100 Å². The van der Waals surface area contributed by atoms with E-state index in [1.54, 1.807) is 0 Å². The molecule has 0 aliphatic carbocycles. The summed E-state index contributed by atoms with van der Waals surface area (Å²) < 4.78 is 1.93. The van der Waals surface area contributed by atoms with E-state index in [4.69, 9.17) is 11.6 Å². The third-order valence-electron chi connectivity index (χ3n) is 2.33. The Morgan fingerprint density at radius 3 is 2.69 bits per heavy atom. The molecule has 0 radical (unpaired) electrons. The molecule has 0 amide bonds. The van der Waals surface area contributed by atoms with Crippen LogP contribution in [0.5, 0.6) is 0 Å². The zero-order valence-corrected chi connectivity index (χ0v) is 9.91. The fourth-order valence-electron chi connectivity index (χ4n) is 1.57. The quantitative estimate of drug-likeness (QED) is 0.882. The summed E-state index contributed by atoms with van der Waals surface area (Å²) in [6.07, 6.45) is 3.93. The second kappa shape index (κ2) is 5.14. The molecule has 2 rings (SSSR count). The molecule has 1 aromatic carbocycles. The van der Waals surface area contributed by atoms with Crippen LogP contribution in [-0.4, -0.2) is 16.8 Å². The highest BCUT2D eigenvalue weighted by atomic mass is 35.5. The van der Waals surface area contributed by atoms with Gasteiger partial charge in [-0.25, -0.2) is 0 Å². The molecule has 0 aliphatic heterocycles. The van der Waals surface area contributed by atoms with Gasteiger partial charge in [0.2, 0.25) is 0 Å². The van der Waals surface area contributed by atoms with Crippen molar-refractivity contribution in [1.82, 2.24) is 15.1 Å². The van der Waals surface area contributed by atoms with Crippen molar-refractivity contribution >= 4 is 11.6 Å². The van der Waals surface area contributed by atoms with Crippen molar-refractivity contribution in [1.29, 1.82) is 0 Å². The monoisotopic (exact) mass is 235 g/mol. The Bertz CT molecular complexity index is 448. The maximum Gasteiger partial charge on any atom is 0.0659 e. The number of halogens is 1. The fraction of sp³-hybridized carbons (Fsp3) is 0.250. The van der Waals surface area contributed by atoms with Crippen molar-refractivity contribution in [2.24, 2.45) is 0 Å². The summed E-state index contributed by atoms with van der Waals surface area (Å²) in [6, 6.07) is 7.83. The molecule has 1 heterocycles. The zero-order valence-electron chi connectivity index (χ0n) is 9.15. The first-order chi connectivity index (χ1) is 7.78. The van der Waals surface area contributed by atoms with Crippen LogP contribution in [0.4, 0.5) is 0 Å². The van der Waals surface area contributed by atoms with Crippen LogP contribution in [0.1, 0.15) is 11.1 Å². The Morgan fingerprint density at radius 1 is 1.25 bits per heavy atom. The molecule has 2 aromatic rings. The molecule has 0 spiro atoms. The number of rotatable bonds is 4. The number of nitrogens with one attached hydrogen (secondary N) is 1. The molecule has 0 fully saturated rings. The third kappa shape index (κ3) is 2.84. The second-order valence-electron chi connectivity index (χ2n) is 3.70. The van der Waals surface area contributed by atoms with Gasteiger partial charge in [0.1, 0.15) is 0 Å². The Morgan fingerprint density at radius 2 is 2.00 bits per heavy atom. The van der Waals surface area contributed by atoms with E-state index in [-0.39, 0.29) is 0 Å². The molecule has 0 atom stereocenters. The smallest absolute Gasteiger partial charge is 0.0659 e. The fourth-order valence-corrected chi connectivity index (χ4v) is 1.69. The predicted octanol–water partition coefficient (Wildman–Crippen LogP) is 2.30. The molecular formula is C12H14ClN3. The van der Waals surface area contributed by atoms with Gasteiger partial charge in [0.25, 0.3) is 0 Å². The standard InChI is InChI=1S/C12H14ClN3/c1-14-6-11-7-15-16(9-11)8-10-2-4-12(13)5-3-10/h2-5,7,9,14H,6,8H2,1H3. The number of hydrogen-bond acceptors (Lipinski definition) is 2. The molecule has 3 nitrogen and oxygen atoms in total. The minimum absolute atomic E-state index is 0.764. The molecule has 1 N–H and O–H groups in total. The van der Waals surface area contributed by atoms with Gasteiger partial charge in [-0.3, -0.25) is 4.68 Å². The number of aromatic nitrogens is 2. The second-order valence-corrected chi connectivity index (χ2v) is 4.14. The summed E-state index contributed by atoms with van der Waals surface area (Å²) >= 11 is 5.83.